The van der Waals surface area contributed by atoms with Gasteiger partial charge in [-0.25, -0.2) is 9.59 Å². The van der Waals surface area contributed by atoms with Gasteiger partial charge < -0.3 is 29.6 Å². The van der Waals surface area contributed by atoms with Gasteiger partial charge in [-0.1, -0.05) is 0 Å². The first-order chi connectivity index (χ1) is 10.5. The van der Waals surface area contributed by atoms with Crippen LogP contribution in [0.5, 0.6) is 0 Å². The second-order valence-electron chi connectivity index (χ2n) is 4.09. The number of guanidine groups is 1. The minimum absolute atomic E-state index is 0.139. The summed E-state index contributed by atoms with van der Waals surface area (Å²) in [6, 6.07) is 0. The number of carbonyl (C=O) groups is 2. The zero-order chi connectivity index (χ0) is 16.8. The minimum atomic E-state index is -0.436. The van der Waals surface area contributed by atoms with Crippen LogP contribution in [0.25, 0.3) is 0 Å². The average Bonchev–Trinajstić information content (AvgIpc) is 2.45. The van der Waals surface area contributed by atoms with E-state index in [1.54, 1.807) is 13.8 Å². The van der Waals surface area contributed by atoms with Gasteiger partial charge in [-0.05, 0) is 13.8 Å². The van der Waals surface area contributed by atoms with Gasteiger partial charge in [-0.3, -0.25) is 5.41 Å². The predicted octanol–water partition coefficient (Wildman–Crippen LogP) is -0.659. The summed E-state index contributed by atoms with van der Waals surface area (Å²) in [6.07, 6.45) is 0. The highest BCUT2D eigenvalue weighted by Crippen LogP contribution is 1.91. The lowest BCUT2D eigenvalue weighted by Gasteiger charge is -2.22. The number of hydrogen-bond acceptors (Lipinski definition) is 7. The SMILES string of the molecule is CCOC(=O)COCCN(CCOCC(=O)OCC)C(=N)N. The Kier molecular flexibility index (Phi) is 11.7. The summed E-state index contributed by atoms with van der Waals surface area (Å²) in [4.78, 5) is 23.6. The lowest BCUT2D eigenvalue weighted by molar-refractivity contribution is -0.148. The van der Waals surface area contributed by atoms with Crippen LogP contribution >= 0.6 is 0 Å². The summed E-state index contributed by atoms with van der Waals surface area (Å²) in [7, 11) is 0. The van der Waals surface area contributed by atoms with Crippen LogP contribution in [0.1, 0.15) is 13.8 Å². The van der Waals surface area contributed by atoms with Gasteiger partial charge in [-0.15, -0.1) is 0 Å². The summed E-state index contributed by atoms with van der Waals surface area (Å²) < 4.78 is 19.7. The maximum Gasteiger partial charge on any atom is 0.332 e. The first-order valence-corrected chi connectivity index (χ1v) is 7.06. The fraction of sp³-hybridized carbons (Fsp3) is 0.769. The molecule has 0 saturated heterocycles. The summed E-state index contributed by atoms with van der Waals surface area (Å²) >= 11 is 0. The van der Waals surface area contributed by atoms with Crippen molar-refractivity contribution in [2.45, 2.75) is 13.8 Å². The highest BCUT2D eigenvalue weighted by Gasteiger charge is 2.08. The van der Waals surface area contributed by atoms with E-state index < -0.39 is 11.9 Å². The molecule has 0 aromatic rings. The van der Waals surface area contributed by atoms with E-state index in [4.69, 9.17) is 30.1 Å². The van der Waals surface area contributed by atoms with E-state index in [2.05, 4.69) is 0 Å². The number of ether oxygens (including phenoxy) is 4. The van der Waals surface area contributed by atoms with E-state index in [1.165, 1.54) is 4.90 Å². The Hall–Kier alpha value is -1.87. The Morgan fingerprint density at radius 3 is 1.68 bits per heavy atom. The second-order valence-corrected chi connectivity index (χ2v) is 4.09. The number of carbonyl (C=O) groups excluding carboxylic acids is 2. The second kappa shape index (κ2) is 12.8. The Morgan fingerprint density at radius 1 is 0.955 bits per heavy atom. The van der Waals surface area contributed by atoms with E-state index in [-0.39, 0.29) is 32.4 Å². The molecule has 9 nitrogen and oxygen atoms in total. The fourth-order valence-electron chi connectivity index (χ4n) is 1.42. The first-order valence-electron chi connectivity index (χ1n) is 7.06. The molecule has 0 aliphatic carbocycles. The molecule has 3 N–H and O–H groups in total. The van der Waals surface area contributed by atoms with Gasteiger partial charge in [0.25, 0.3) is 0 Å². The molecule has 0 radical (unpaired) electrons. The predicted molar refractivity (Wildman–Crippen MR) is 78.4 cm³/mol. The molecule has 0 bridgehead atoms. The molecule has 0 spiro atoms. The molecule has 0 aromatic carbocycles. The fourth-order valence-corrected chi connectivity index (χ4v) is 1.42. The summed E-state index contributed by atoms with van der Waals surface area (Å²) in [6.45, 7) is 4.86. The van der Waals surface area contributed by atoms with Crippen molar-refractivity contribution in [1.82, 2.24) is 4.90 Å². The van der Waals surface area contributed by atoms with Gasteiger partial charge in [0, 0.05) is 13.1 Å². The van der Waals surface area contributed by atoms with Crippen LogP contribution in [0.3, 0.4) is 0 Å². The van der Waals surface area contributed by atoms with Crippen molar-refractivity contribution >= 4 is 17.9 Å². The normalized spacial score (nSPS) is 10.1. The minimum Gasteiger partial charge on any atom is -0.464 e. The Labute approximate surface area is 130 Å². The maximum atomic E-state index is 11.1. The van der Waals surface area contributed by atoms with Crippen molar-refractivity contribution < 1.29 is 28.5 Å². The number of nitrogens with two attached hydrogens (primary N) is 1. The molecule has 0 heterocycles. The molecule has 128 valence electrons. The first kappa shape index (κ1) is 20.1. The molecule has 0 unspecified atom stereocenters. The molecule has 0 atom stereocenters. The third-order valence-corrected chi connectivity index (χ3v) is 2.40. The number of rotatable bonds is 12. The molecule has 0 aromatic heterocycles. The summed E-state index contributed by atoms with van der Waals surface area (Å²) in [5, 5.41) is 7.43. The van der Waals surface area contributed by atoms with E-state index in [9.17, 15) is 9.59 Å². The van der Waals surface area contributed by atoms with Crippen LogP contribution in [0, 0.1) is 5.41 Å². The molecule has 0 rings (SSSR count). The van der Waals surface area contributed by atoms with E-state index >= 15 is 0 Å². The van der Waals surface area contributed by atoms with Crippen molar-refractivity contribution in [2.75, 3.05) is 52.7 Å². The van der Waals surface area contributed by atoms with Crippen LogP contribution in [0.2, 0.25) is 0 Å². The van der Waals surface area contributed by atoms with Crippen LogP contribution in [0.4, 0.5) is 0 Å². The number of nitrogens with one attached hydrogen (secondary N) is 1. The van der Waals surface area contributed by atoms with Crippen molar-refractivity contribution in [3.63, 3.8) is 0 Å². The van der Waals surface area contributed by atoms with Gasteiger partial charge in [-0.2, -0.15) is 0 Å². The summed E-state index contributed by atoms with van der Waals surface area (Å²) in [5.41, 5.74) is 5.43. The largest absolute Gasteiger partial charge is 0.464 e. The Bertz CT molecular complexity index is 325. The van der Waals surface area contributed by atoms with Gasteiger partial charge in [0.05, 0.1) is 26.4 Å². The van der Waals surface area contributed by atoms with Crippen molar-refractivity contribution in [2.24, 2.45) is 5.73 Å². The molecular formula is C13H25N3O6. The van der Waals surface area contributed by atoms with Crippen LogP contribution in [0.15, 0.2) is 0 Å². The van der Waals surface area contributed by atoms with E-state index in [0.717, 1.165) is 0 Å². The molecule has 0 saturated carbocycles. The zero-order valence-electron chi connectivity index (χ0n) is 13.1. The molecular weight excluding hydrogens is 294 g/mol. The van der Waals surface area contributed by atoms with Gasteiger partial charge in [0.2, 0.25) is 0 Å². The van der Waals surface area contributed by atoms with Crippen molar-refractivity contribution in [3.05, 3.63) is 0 Å². The van der Waals surface area contributed by atoms with Crippen LogP contribution < -0.4 is 5.73 Å². The van der Waals surface area contributed by atoms with Crippen LogP contribution in [-0.4, -0.2) is 75.5 Å². The molecule has 9 heteroatoms. The molecule has 0 amide bonds. The smallest absolute Gasteiger partial charge is 0.332 e. The number of esters is 2. The Morgan fingerprint density at radius 2 is 1.36 bits per heavy atom. The quantitative estimate of drug-likeness (QED) is 0.210. The number of nitrogens with zero attached hydrogens (tertiary/aromatic N) is 1. The maximum absolute atomic E-state index is 11.1. The third-order valence-electron chi connectivity index (χ3n) is 2.40. The molecule has 0 aliphatic rings. The number of hydrogen-bond donors (Lipinski definition) is 2. The topological polar surface area (TPSA) is 124 Å². The third kappa shape index (κ3) is 10.9. The van der Waals surface area contributed by atoms with Gasteiger partial charge in [0.15, 0.2) is 5.96 Å². The van der Waals surface area contributed by atoms with Crippen molar-refractivity contribution in [3.8, 4) is 0 Å². The monoisotopic (exact) mass is 319 g/mol. The average molecular weight is 319 g/mol. The lowest BCUT2D eigenvalue weighted by atomic mass is 10.5. The highest BCUT2D eigenvalue weighted by atomic mass is 16.6. The van der Waals surface area contributed by atoms with E-state index in [1.807, 2.05) is 0 Å². The highest BCUT2D eigenvalue weighted by molar-refractivity contribution is 5.74. The van der Waals surface area contributed by atoms with Crippen molar-refractivity contribution in [1.29, 1.82) is 5.41 Å². The summed E-state index contributed by atoms with van der Waals surface area (Å²) in [5.74, 6) is -1.01. The molecule has 22 heavy (non-hydrogen) atoms. The lowest BCUT2D eigenvalue weighted by Crippen LogP contribution is -2.41. The standard InChI is InChI=1S/C13H25N3O6/c1-3-21-11(17)9-19-7-5-16(13(14)15)6-8-20-10-12(18)22-4-2/h3-10H2,1-2H3,(H3,14,15). The Balaban J connectivity index is 3.80. The van der Waals surface area contributed by atoms with Gasteiger partial charge >= 0.3 is 11.9 Å². The van der Waals surface area contributed by atoms with Crippen LogP contribution in [-0.2, 0) is 28.5 Å². The zero-order valence-corrected chi connectivity index (χ0v) is 13.1. The van der Waals surface area contributed by atoms with E-state index in [0.29, 0.717) is 26.3 Å². The molecule has 0 aliphatic heterocycles. The molecule has 0 fully saturated rings. The van der Waals surface area contributed by atoms with Gasteiger partial charge in [0.1, 0.15) is 13.2 Å².